The molecule has 0 aliphatic carbocycles. The Bertz CT molecular complexity index is 348. The van der Waals surface area contributed by atoms with Crippen LogP contribution in [0.2, 0.25) is 0 Å². The fourth-order valence-corrected chi connectivity index (χ4v) is 2.05. The number of hydrogen-bond donors (Lipinski definition) is 0. The predicted molar refractivity (Wildman–Crippen MR) is 94.0 cm³/mol. The van der Waals surface area contributed by atoms with Crippen LogP contribution in [0.25, 0.3) is 0 Å². The smallest absolute Gasteiger partial charge is 0.0262 e. The molecule has 0 aliphatic rings. The molecule has 0 aromatic rings. The molecule has 20 heavy (non-hydrogen) atoms. The third kappa shape index (κ3) is 12.0. The van der Waals surface area contributed by atoms with E-state index in [9.17, 15) is 0 Å². The Morgan fingerprint density at radius 2 is 1.35 bits per heavy atom. The van der Waals surface area contributed by atoms with Gasteiger partial charge in [0.15, 0.2) is 0 Å². The molecule has 0 heteroatoms. The van der Waals surface area contributed by atoms with Crippen molar-refractivity contribution in [3.05, 3.63) is 47.6 Å². The van der Waals surface area contributed by atoms with Crippen molar-refractivity contribution in [1.29, 1.82) is 0 Å². The highest BCUT2D eigenvalue weighted by Crippen LogP contribution is 2.13. The lowest BCUT2D eigenvalue weighted by molar-refractivity contribution is 0.656. The van der Waals surface area contributed by atoms with Gasteiger partial charge in [-0.3, -0.25) is 0 Å². The quantitative estimate of drug-likeness (QED) is 0.376. The van der Waals surface area contributed by atoms with Crippen LogP contribution in [0.5, 0.6) is 0 Å². The Hall–Kier alpha value is -1.04. The molecule has 0 heterocycles. The molecule has 0 spiro atoms. The summed E-state index contributed by atoms with van der Waals surface area (Å²) in [6.45, 7) is 14.9. The summed E-state index contributed by atoms with van der Waals surface area (Å²) >= 11 is 0. The molecular formula is C20H34. The lowest BCUT2D eigenvalue weighted by atomic mass is 10.0. The third-order valence-corrected chi connectivity index (χ3v) is 3.64. The second kappa shape index (κ2) is 11.8. The van der Waals surface area contributed by atoms with Crippen molar-refractivity contribution in [1.82, 2.24) is 0 Å². The lowest BCUT2D eigenvalue weighted by Crippen LogP contribution is -1.87. The summed E-state index contributed by atoms with van der Waals surface area (Å²) in [5.41, 5.74) is 4.47. The molecule has 0 saturated heterocycles. The molecule has 0 bridgehead atoms. The zero-order valence-corrected chi connectivity index (χ0v) is 14.3. The van der Waals surface area contributed by atoms with Crippen LogP contribution in [-0.2, 0) is 0 Å². The zero-order chi connectivity index (χ0) is 15.4. The third-order valence-electron chi connectivity index (χ3n) is 3.64. The monoisotopic (exact) mass is 274 g/mol. The second-order valence-electron chi connectivity index (χ2n) is 6.25. The van der Waals surface area contributed by atoms with Crippen molar-refractivity contribution in [3.63, 3.8) is 0 Å². The van der Waals surface area contributed by atoms with Gasteiger partial charge < -0.3 is 0 Å². The first kappa shape index (κ1) is 19.0. The maximum absolute atomic E-state index is 3.83. The van der Waals surface area contributed by atoms with Gasteiger partial charge in [0.2, 0.25) is 0 Å². The van der Waals surface area contributed by atoms with Crippen molar-refractivity contribution in [3.8, 4) is 0 Å². The van der Waals surface area contributed by atoms with Crippen molar-refractivity contribution < 1.29 is 0 Å². The first-order valence-electron chi connectivity index (χ1n) is 8.03. The van der Waals surface area contributed by atoms with Gasteiger partial charge in [0.05, 0.1) is 0 Å². The largest absolute Gasteiger partial charge is 0.103 e. The summed E-state index contributed by atoms with van der Waals surface area (Å²) in [7, 11) is 0. The molecule has 0 radical (unpaired) electrons. The summed E-state index contributed by atoms with van der Waals surface area (Å²) in [6.07, 6.45) is 16.3. The van der Waals surface area contributed by atoms with Gasteiger partial charge in [-0.05, 0) is 72.1 Å². The van der Waals surface area contributed by atoms with Crippen molar-refractivity contribution in [2.45, 2.75) is 73.1 Å². The van der Waals surface area contributed by atoms with Gasteiger partial charge in [0.25, 0.3) is 0 Å². The molecule has 0 rings (SSSR count). The van der Waals surface area contributed by atoms with E-state index >= 15 is 0 Å². The van der Waals surface area contributed by atoms with Crippen LogP contribution in [0.4, 0.5) is 0 Å². The maximum atomic E-state index is 3.83. The average molecular weight is 274 g/mol. The van der Waals surface area contributed by atoms with E-state index in [-0.39, 0.29) is 0 Å². The molecule has 1 unspecified atom stereocenters. The molecule has 0 aromatic heterocycles. The van der Waals surface area contributed by atoms with E-state index in [1.54, 1.807) is 0 Å². The minimum atomic E-state index is 0.635. The van der Waals surface area contributed by atoms with Crippen molar-refractivity contribution in [2.24, 2.45) is 5.92 Å². The van der Waals surface area contributed by atoms with E-state index < -0.39 is 0 Å². The van der Waals surface area contributed by atoms with Crippen LogP contribution >= 0.6 is 0 Å². The number of allylic oxidation sites excluding steroid dienone is 7. The van der Waals surface area contributed by atoms with Gasteiger partial charge in [0, 0.05) is 0 Å². The summed E-state index contributed by atoms with van der Waals surface area (Å²) in [5.74, 6) is 0.635. The van der Waals surface area contributed by atoms with Gasteiger partial charge in [-0.25, -0.2) is 0 Å². The van der Waals surface area contributed by atoms with E-state index in [0.29, 0.717) is 5.92 Å². The zero-order valence-electron chi connectivity index (χ0n) is 14.3. The van der Waals surface area contributed by atoms with Crippen LogP contribution in [0, 0.1) is 5.92 Å². The highest BCUT2D eigenvalue weighted by molar-refractivity contribution is 5.05. The minimum absolute atomic E-state index is 0.635. The minimum Gasteiger partial charge on any atom is -0.103 e. The summed E-state index contributed by atoms with van der Waals surface area (Å²) in [4.78, 5) is 0. The molecule has 0 fully saturated rings. The normalized spacial score (nSPS) is 14.1. The highest BCUT2D eigenvalue weighted by Gasteiger charge is 1.95. The summed E-state index contributed by atoms with van der Waals surface area (Å²) in [6, 6.07) is 0. The van der Waals surface area contributed by atoms with Gasteiger partial charge in [-0.15, -0.1) is 6.58 Å². The molecule has 114 valence electrons. The first-order valence-corrected chi connectivity index (χ1v) is 8.03. The summed E-state index contributed by atoms with van der Waals surface area (Å²) in [5, 5.41) is 0. The van der Waals surface area contributed by atoms with Crippen LogP contribution in [0.1, 0.15) is 73.1 Å². The summed E-state index contributed by atoms with van der Waals surface area (Å²) < 4.78 is 0. The van der Waals surface area contributed by atoms with Gasteiger partial charge in [-0.1, -0.05) is 47.9 Å². The molecular weight excluding hydrogens is 240 g/mol. The Kier molecular flexibility index (Phi) is 11.1. The Balaban J connectivity index is 3.88. The van der Waals surface area contributed by atoms with E-state index in [0.717, 1.165) is 0 Å². The SMILES string of the molecule is C=CC(C)CC/C=C(/C)CC/C=C(\C)CCC=C(C)C. The highest BCUT2D eigenvalue weighted by atomic mass is 14.0. The lowest BCUT2D eigenvalue weighted by Gasteiger charge is -2.04. The molecule has 0 saturated carbocycles. The van der Waals surface area contributed by atoms with E-state index in [2.05, 4.69) is 59.4 Å². The molecule has 0 amide bonds. The predicted octanol–water partition coefficient (Wildman–Crippen LogP) is 7.01. The maximum Gasteiger partial charge on any atom is -0.0262 e. The van der Waals surface area contributed by atoms with E-state index in [4.69, 9.17) is 0 Å². The van der Waals surface area contributed by atoms with Crippen LogP contribution in [0.3, 0.4) is 0 Å². The van der Waals surface area contributed by atoms with Gasteiger partial charge >= 0.3 is 0 Å². The van der Waals surface area contributed by atoms with E-state index in [1.165, 1.54) is 55.2 Å². The molecule has 1 atom stereocenters. The standard InChI is InChI=1S/C20H34/c1-7-18(4)12-9-14-20(6)16-10-15-19(5)13-8-11-17(2)3/h7,11,14-15,18H,1,8-10,12-13,16H2,2-6H3/b19-15+,20-14-. The Morgan fingerprint density at radius 3 is 1.85 bits per heavy atom. The fourth-order valence-electron chi connectivity index (χ4n) is 2.05. The van der Waals surface area contributed by atoms with Crippen molar-refractivity contribution in [2.75, 3.05) is 0 Å². The molecule has 0 nitrogen and oxygen atoms in total. The van der Waals surface area contributed by atoms with Crippen LogP contribution in [-0.4, -0.2) is 0 Å². The van der Waals surface area contributed by atoms with Crippen LogP contribution < -0.4 is 0 Å². The Morgan fingerprint density at radius 1 is 0.850 bits per heavy atom. The van der Waals surface area contributed by atoms with Crippen molar-refractivity contribution >= 4 is 0 Å². The topological polar surface area (TPSA) is 0 Å². The average Bonchev–Trinajstić information content (AvgIpc) is 2.38. The second-order valence-corrected chi connectivity index (χ2v) is 6.25. The van der Waals surface area contributed by atoms with E-state index in [1.807, 2.05) is 6.08 Å². The number of hydrogen-bond acceptors (Lipinski definition) is 0. The van der Waals surface area contributed by atoms with Gasteiger partial charge in [-0.2, -0.15) is 0 Å². The van der Waals surface area contributed by atoms with Gasteiger partial charge in [0.1, 0.15) is 0 Å². The molecule has 0 aliphatic heterocycles. The van der Waals surface area contributed by atoms with Crippen LogP contribution in [0.15, 0.2) is 47.6 Å². The Labute approximate surface area is 127 Å². The first-order chi connectivity index (χ1) is 9.45. The molecule has 0 aromatic carbocycles. The fraction of sp³-hybridized carbons (Fsp3) is 0.600. The number of rotatable bonds is 10. The molecule has 0 N–H and O–H groups in total.